The molecule has 24 heavy (non-hydrogen) atoms. The zero-order chi connectivity index (χ0) is 17.5. The number of hydrogen-bond donors (Lipinski definition) is 2. The Morgan fingerprint density at radius 2 is 1.88 bits per heavy atom. The van der Waals surface area contributed by atoms with Crippen molar-refractivity contribution in [2.45, 2.75) is 31.7 Å². The Balaban J connectivity index is 0.000000175. The summed E-state index contributed by atoms with van der Waals surface area (Å²) in [6.07, 6.45) is 5.62. The van der Waals surface area contributed by atoms with Gasteiger partial charge in [0.05, 0.1) is 10.6 Å². The van der Waals surface area contributed by atoms with Crippen LogP contribution < -0.4 is 11.1 Å². The number of anilines is 1. The molecule has 0 atom stereocenters. The predicted molar refractivity (Wildman–Crippen MR) is 101 cm³/mol. The maximum atomic E-state index is 11.5. The summed E-state index contributed by atoms with van der Waals surface area (Å²) >= 11 is 5.84. The van der Waals surface area contributed by atoms with Crippen molar-refractivity contribution in [1.82, 2.24) is 15.1 Å². The summed E-state index contributed by atoms with van der Waals surface area (Å²) in [6.45, 7) is 5.21. The molecule has 0 saturated carbocycles. The molecule has 2 saturated heterocycles. The van der Waals surface area contributed by atoms with Crippen LogP contribution >= 0.6 is 11.6 Å². The molecule has 0 radical (unpaired) electrons. The molecule has 5 nitrogen and oxygen atoms in total. The molecule has 2 aliphatic rings. The van der Waals surface area contributed by atoms with Crippen molar-refractivity contribution >= 4 is 23.2 Å². The molecule has 134 valence electrons. The highest BCUT2D eigenvalue weighted by Gasteiger charge is 2.22. The van der Waals surface area contributed by atoms with Crippen LogP contribution in [0.25, 0.3) is 0 Å². The minimum Gasteiger partial charge on any atom is -0.399 e. The lowest BCUT2D eigenvalue weighted by Gasteiger charge is -2.31. The van der Waals surface area contributed by atoms with Crippen LogP contribution in [0, 0.1) is 0 Å². The Morgan fingerprint density at radius 3 is 2.42 bits per heavy atom. The van der Waals surface area contributed by atoms with Crippen molar-refractivity contribution in [1.29, 1.82) is 0 Å². The third-order valence-electron chi connectivity index (χ3n) is 4.60. The molecule has 1 aromatic carbocycles. The summed E-state index contributed by atoms with van der Waals surface area (Å²) in [6, 6.07) is 5.76. The SMILES string of the molecule is C1CCN(C2CCNCC2)C1.CN(C)C(=O)c1ccc(N)cc1Cl. The maximum absolute atomic E-state index is 11.5. The van der Waals surface area contributed by atoms with Gasteiger partial charge in [0.2, 0.25) is 0 Å². The van der Waals surface area contributed by atoms with Gasteiger partial charge >= 0.3 is 0 Å². The van der Waals surface area contributed by atoms with E-state index in [1.54, 1.807) is 32.3 Å². The number of carbonyl (C=O) groups excluding carboxylic acids is 1. The van der Waals surface area contributed by atoms with Gasteiger partial charge in [0, 0.05) is 25.8 Å². The number of hydrogen-bond acceptors (Lipinski definition) is 4. The second kappa shape index (κ2) is 9.25. The van der Waals surface area contributed by atoms with E-state index in [4.69, 9.17) is 17.3 Å². The molecular formula is C18H29ClN4O. The average Bonchev–Trinajstić information content (AvgIpc) is 3.10. The minimum absolute atomic E-state index is 0.120. The second-order valence-electron chi connectivity index (χ2n) is 6.66. The highest BCUT2D eigenvalue weighted by molar-refractivity contribution is 6.34. The third-order valence-corrected chi connectivity index (χ3v) is 4.91. The quantitative estimate of drug-likeness (QED) is 0.803. The zero-order valence-electron chi connectivity index (χ0n) is 14.7. The van der Waals surface area contributed by atoms with E-state index < -0.39 is 0 Å². The number of amides is 1. The van der Waals surface area contributed by atoms with Crippen LogP contribution in [0.4, 0.5) is 5.69 Å². The smallest absolute Gasteiger partial charge is 0.254 e. The van der Waals surface area contributed by atoms with Crippen LogP contribution in [0.3, 0.4) is 0 Å². The number of piperidine rings is 1. The van der Waals surface area contributed by atoms with Crippen molar-refractivity contribution in [3.63, 3.8) is 0 Å². The first-order valence-electron chi connectivity index (χ1n) is 8.70. The van der Waals surface area contributed by atoms with Crippen molar-refractivity contribution in [2.75, 3.05) is 46.0 Å². The monoisotopic (exact) mass is 352 g/mol. The van der Waals surface area contributed by atoms with E-state index in [-0.39, 0.29) is 5.91 Å². The zero-order valence-corrected chi connectivity index (χ0v) is 15.5. The lowest BCUT2D eigenvalue weighted by molar-refractivity contribution is 0.0828. The lowest BCUT2D eigenvalue weighted by atomic mass is 10.1. The number of likely N-dealkylation sites (tertiary alicyclic amines) is 1. The second-order valence-corrected chi connectivity index (χ2v) is 7.07. The van der Waals surface area contributed by atoms with Crippen molar-refractivity contribution in [3.8, 4) is 0 Å². The number of carbonyl (C=O) groups is 1. The molecule has 0 spiro atoms. The highest BCUT2D eigenvalue weighted by Crippen LogP contribution is 2.20. The number of benzene rings is 1. The molecule has 0 bridgehead atoms. The van der Waals surface area contributed by atoms with Gasteiger partial charge in [-0.3, -0.25) is 4.79 Å². The van der Waals surface area contributed by atoms with Gasteiger partial charge in [-0.1, -0.05) is 11.6 Å². The van der Waals surface area contributed by atoms with E-state index in [9.17, 15) is 4.79 Å². The van der Waals surface area contributed by atoms with E-state index >= 15 is 0 Å². The van der Waals surface area contributed by atoms with Gasteiger partial charge < -0.3 is 20.9 Å². The molecule has 3 N–H and O–H groups in total. The molecule has 2 heterocycles. The average molecular weight is 353 g/mol. The van der Waals surface area contributed by atoms with Crippen LogP contribution in [0.2, 0.25) is 5.02 Å². The van der Waals surface area contributed by atoms with Crippen LogP contribution in [0.1, 0.15) is 36.0 Å². The third kappa shape index (κ3) is 5.36. The van der Waals surface area contributed by atoms with Crippen molar-refractivity contribution in [3.05, 3.63) is 28.8 Å². The number of halogens is 1. The Kier molecular flexibility index (Phi) is 7.34. The van der Waals surface area contributed by atoms with Gasteiger partial charge in [0.15, 0.2) is 0 Å². The maximum Gasteiger partial charge on any atom is 0.254 e. The van der Waals surface area contributed by atoms with E-state index in [1.807, 2.05) is 0 Å². The minimum atomic E-state index is -0.120. The number of nitrogens with zero attached hydrogens (tertiary/aromatic N) is 2. The van der Waals surface area contributed by atoms with Gasteiger partial charge in [-0.05, 0) is 70.1 Å². The van der Waals surface area contributed by atoms with Crippen LogP contribution in [-0.2, 0) is 0 Å². The summed E-state index contributed by atoms with van der Waals surface area (Å²) in [7, 11) is 3.35. The molecular weight excluding hydrogens is 324 g/mol. The number of nitrogens with two attached hydrogens (primary N) is 1. The van der Waals surface area contributed by atoms with Gasteiger partial charge in [0.25, 0.3) is 5.91 Å². The van der Waals surface area contributed by atoms with E-state index in [1.165, 1.54) is 56.8 Å². The summed E-state index contributed by atoms with van der Waals surface area (Å²) in [5.41, 5.74) is 6.52. The summed E-state index contributed by atoms with van der Waals surface area (Å²) in [4.78, 5) is 15.6. The van der Waals surface area contributed by atoms with Gasteiger partial charge in [0.1, 0.15) is 0 Å². The number of nitrogen functional groups attached to an aromatic ring is 1. The number of rotatable bonds is 2. The fourth-order valence-corrected chi connectivity index (χ4v) is 3.49. The van der Waals surface area contributed by atoms with Crippen molar-refractivity contribution < 1.29 is 4.79 Å². The molecule has 1 amide bonds. The number of nitrogens with one attached hydrogen (secondary N) is 1. The topological polar surface area (TPSA) is 61.6 Å². The first-order chi connectivity index (χ1) is 11.5. The lowest BCUT2D eigenvalue weighted by Crippen LogP contribution is -2.41. The predicted octanol–water partition coefficient (Wildman–Crippen LogP) is 2.46. The van der Waals surface area contributed by atoms with Crippen molar-refractivity contribution in [2.24, 2.45) is 0 Å². The fraction of sp³-hybridized carbons (Fsp3) is 0.611. The Labute approximate surface area is 150 Å². The van der Waals surface area contributed by atoms with Gasteiger partial charge in [-0.2, -0.15) is 0 Å². The summed E-state index contributed by atoms with van der Waals surface area (Å²) < 4.78 is 0. The first kappa shape index (κ1) is 19.0. The van der Waals surface area contributed by atoms with E-state index in [0.717, 1.165) is 6.04 Å². The van der Waals surface area contributed by atoms with Crippen LogP contribution in [0.15, 0.2) is 18.2 Å². The highest BCUT2D eigenvalue weighted by atomic mass is 35.5. The van der Waals surface area contributed by atoms with E-state index in [2.05, 4.69) is 10.2 Å². The van der Waals surface area contributed by atoms with Gasteiger partial charge in [-0.25, -0.2) is 0 Å². The first-order valence-corrected chi connectivity index (χ1v) is 9.08. The largest absolute Gasteiger partial charge is 0.399 e. The molecule has 2 fully saturated rings. The van der Waals surface area contributed by atoms with Crippen LogP contribution in [0.5, 0.6) is 0 Å². The van der Waals surface area contributed by atoms with Crippen LogP contribution in [-0.4, -0.2) is 62.0 Å². The standard InChI is InChI=1S/C9H11ClN2O.C9H18N2/c1-12(2)9(13)7-4-3-6(11)5-8(7)10;1-2-8-11(7-1)9-3-5-10-6-4-9/h3-5H,11H2,1-2H3;9-10H,1-8H2. The molecule has 2 aliphatic heterocycles. The van der Waals surface area contributed by atoms with Gasteiger partial charge in [-0.15, -0.1) is 0 Å². The Hall–Kier alpha value is -1.30. The molecule has 3 rings (SSSR count). The normalized spacial score (nSPS) is 18.8. The molecule has 0 aromatic heterocycles. The summed E-state index contributed by atoms with van der Waals surface area (Å²) in [5.74, 6) is -0.120. The Morgan fingerprint density at radius 1 is 1.25 bits per heavy atom. The molecule has 6 heteroatoms. The van der Waals surface area contributed by atoms with E-state index in [0.29, 0.717) is 16.3 Å². The molecule has 0 unspecified atom stereocenters. The summed E-state index contributed by atoms with van der Waals surface area (Å²) in [5, 5.41) is 3.80. The molecule has 0 aliphatic carbocycles. The Bertz CT molecular complexity index is 538. The molecule has 1 aromatic rings. The fourth-order valence-electron chi connectivity index (χ4n) is 3.22.